The summed E-state index contributed by atoms with van der Waals surface area (Å²) >= 11 is 0. The number of anilines is 3. The smallest absolute Gasteiger partial charge is 0.276 e. The van der Waals surface area contributed by atoms with Crippen LogP contribution in [0, 0.1) is 0 Å². The fraction of sp³-hybridized carbons (Fsp3) is 0.250. The van der Waals surface area contributed by atoms with E-state index in [2.05, 4.69) is 32.4 Å². The minimum atomic E-state index is -0.367. The maximum atomic E-state index is 12.6. The summed E-state index contributed by atoms with van der Waals surface area (Å²) in [5.41, 5.74) is 15.9. The summed E-state index contributed by atoms with van der Waals surface area (Å²) in [5.74, 6) is -0.367. The lowest BCUT2D eigenvalue weighted by molar-refractivity contribution is 0.102. The van der Waals surface area contributed by atoms with Crippen LogP contribution in [0.3, 0.4) is 0 Å². The summed E-state index contributed by atoms with van der Waals surface area (Å²) in [7, 11) is 1.78. The van der Waals surface area contributed by atoms with Crippen molar-refractivity contribution in [1.82, 2.24) is 14.8 Å². The molecule has 0 unspecified atom stereocenters. The molecule has 1 atom stereocenters. The van der Waals surface area contributed by atoms with Crippen LogP contribution in [0.1, 0.15) is 16.9 Å². The van der Waals surface area contributed by atoms with E-state index >= 15 is 0 Å². The molecule has 0 spiro atoms. The molecule has 2 aromatic heterocycles. The Morgan fingerprint density at radius 1 is 1.29 bits per heavy atom. The second-order valence-electron chi connectivity index (χ2n) is 7.04. The molecule has 1 aromatic carbocycles. The lowest BCUT2D eigenvalue weighted by Gasteiger charge is -2.19. The van der Waals surface area contributed by atoms with Crippen molar-refractivity contribution in [2.75, 3.05) is 29.0 Å². The van der Waals surface area contributed by atoms with Gasteiger partial charge in [-0.15, -0.1) is 0 Å². The number of hydrogen-bond acceptors (Lipinski definition) is 6. The number of nitrogens with zero attached hydrogens (tertiary/aromatic N) is 4. The van der Waals surface area contributed by atoms with Gasteiger partial charge in [-0.2, -0.15) is 5.10 Å². The molecule has 0 aliphatic carbocycles. The van der Waals surface area contributed by atoms with Crippen LogP contribution in [0.15, 0.2) is 48.8 Å². The second-order valence-corrected chi connectivity index (χ2v) is 7.04. The molecule has 0 bridgehead atoms. The molecule has 1 fully saturated rings. The number of carbonyl (C=O) groups excluding carboxylic acids is 1. The number of nitrogen functional groups attached to an aromatic ring is 1. The molecule has 1 saturated heterocycles. The van der Waals surface area contributed by atoms with Gasteiger partial charge in [0.2, 0.25) is 0 Å². The Kier molecular flexibility index (Phi) is 4.70. The van der Waals surface area contributed by atoms with Gasteiger partial charge in [-0.05, 0) is 30.7 Å². The summed E-state index contributed by atoms with van der Waals surface area (Å²) in [5, 5.41) is 6.81. The maximum Gasteiger partial charge on any atom is 0.276 e. The quantitative estimate of drug-likeness (QED) is 0.639. The van der Waals surface area contributed by atoms with Gasteiger partial charge in [0.1, 0.15) is 0 Å². The third-order valence-electron chi connectivity index (χ3n) is 4.84. The highest BCUT2D eigenvalue weighted by Gasteiger charge is 2.20. The van der Waals surface area contributed by atoms with Gasteiger partial charge in [0.25, 0.3) is 5.91 Å². The SMILES string of the molecule is Cn1cc(NC(=O)c2nc(-c3cccc(N4CC[C@H](N)C4)c3)ccc2N)cn1. The molecule has 28 heavy (non-hydrogen) atoms. The summed E-state index contributed by atoms with van der Waals surface area (Å²) in [6.07, 6.45) is 4.27. The van der Waals surface area contributed by atoms with Crippen molar-refractivity contribution < 1.29 is 4.79 Å². The molecule has 144 valence electrons. The van der Waals surface area contributed by atoms with Gasteiger partial charge in [0, 0.05) is 43.6 Å². The minimum Gasteiger partial charge on any atom is -0.397 e. The monoisotopic (exact) mass is 377 g/mol. The topological polar surface area (TPSA) is 115 Å². The van der Waals surface area contributed by atoms with E-state index in [-0.39, 0.29) is 17.6 Å². The van der Waals surface area contributed by atoms with E-state index in [9.17, 15) is 4.79 Å². The van der Waals surface area contributed by atoms with Crippen LogP contribution >= 0.6 is 0 Å². The lowest BCUT2D eigenvalue weighted by Crippen LogP contribution is -2.26. The molecule has 1 amide bonds. The number of benzene rings is 1. The van der Waals surface area contributed by atoms with E-state index in [1.807, 2.05) is 18.2 Å². The van der Waals surface area contributed by atoms with Crippen molar-refractivity contribution >= 4 is 23.0 Å². The van der Waals surface area contributed by atoms with Crippen LogP contribution in [-0.4, -0.2) is 39.8 Å². The Hall–Kier alpha value is -3.39. The summed E-state index contributed by atoms with van der Waals surface area (Å²) in [4.78, 5) is 19.4. The molecule has 0 radical (unpaired) electrons. The molecule has 4 rings (SSSR count). The van der Waals surface area contributed by atoms with E-state index in [0.717, 1.165) is 30.8 Å². The number of aromatic nitrogens is 3. The first-order valence-electron chi connectivity index (χ1n) is 9.17. The largest absolute Gasteiger partial charge is 0.397 e. The predicted octanol–water partition coefficient (Wildman–Crippen LogP) is 1.85. The maximum absolute atomic E-state index is 12.6. The minimum absolute atomic E-state index is 0.190. The van der Waals surface area contributed by atoms with Gasteiger partial charge in [-0.1, -0.05) is 12.1 Å². The van der Waals surface area contributed by atoms with E-state index in [4.69, 9.17) is 11.5 Å². The molecule has 8 heteroatoms. The zero-order valence-electron chi connectivity index (χ0n) is 15.7. The van der Waals surface area contributed by atoms with Crippen molar-refractivity contribution in [3.63, 3.8) is 0 Å². The Morgan fingerprint density at radius 2 is 2.14 bits per heavy atom. The highest BCUT2D eigenvalue weighted by Crippen LogP contribution is 2.27. The molecule has 1 aliphatic heterocycles. The van der Waals surface area contributed by atoms with Crippen LogP contribution in [0.2, 0.25) is 0 Å². The number of hydrogen-bond donors (Lipinski definition) is 3. The summed E-state index contributed by atoms with van der Waals surface area (Å²) in [6.45, 7) is 1.79. The Morgan fingerprint density at radius 3 is 2.86 bits per heavy atom. The first-order valence-corrected chi connectivity index (χ1v) is 9.17. The van der Waals surface area contributed by atoms with E-state index in [1.54, 1.807) is 30.2 Å². The van der Waals surface area contributed by atoms with Gasteiger partial charge < -0.3 is 21.7 Å². The molecule has 1 aliphatic rings. The lowest BCUT2D eigenvalue weighted by atomic mass is 10.1. The first kappa shape index (κ1) is 18.0. The first-order chi connectivity index (χ1) is 13.5. The van der Waals surface area contributed by atoms with Crippen LogP contribution in [0.4, 0.5) is 17.1 Å². The number of rotatable bonds is 4. The zero-order valence-corrected chi connectivity index (χ0v) is 15.7. The molecular formula is C20H23N7O. The molecule has 5 N–H and O–H groups in total. The average molecular weight is 377 g/mol. The molecule has 3 heterocycles. The Balaban J connectivity index is 1.61. The Labute approximate surface area is 163 Å². The third-order valence-corrected chi connectivity index (χ3v) is 4.84. The number of amides is 1. The third kappa shape index (κ3) is 3.67. The van der Waals surface area contributed by atoms with E-state index in [1.165, 1.54) is 0 Å². The van der Waals surface area contributed by atoms with Crippen molar-refractivity contribution in [3.05, 3.63) is 54.5 Å². The fourth-order valence-corrected chi connectivity index (χ4v) is 3.37. The van der Waals surface area contributed by atoms with Crippen LogP contribution in [-0.2, 0) is 7.05 Å². The van der Waals surface area contributed by atoms with E-state index in [0.29, 0.717) is 17.1 Å². The fourth-order valence-electron chi connectivity index (χ4n) is 3.37. The van der Waals surface area contributed by atoms with Crippen molar-refractivity contribution in [3.8, 4) is 11.3 Å². The number of aryl methyl sites for hydroxylation is 1. The number of carbonyl (C=O) groups is 1. The normalized spacial score (nSPS) is 16.4. The standard InChI is InChI=1S/C20H23N7O/c1-26-12-15(10-23-26)24-20(28)19-17(22)5-6-18(25-19)13-3-2-4-16(9-13)27-8-7-14(21)11-27/h2-6,9-10,12,14H,7-8,11,21-22H2,1H3,(H,24,28)/t14-/m0/s1. The average Bonchev–Trinajstić information content (AvgIpc) is 3.30. The highest BCUT2D eigenvalue weighted by atomic mass is 16.1. The number of pyridine rings is 1. The summed E-state index contributed by atoms with van der Waals surface area (Å²) in [6, 6.07) is 11.8. The molecule has 8 nitrogen and oxygen atoms in total. The summed E-state index contributed by atoms with van der Waals surface area (Å²) < 4.78 is 1.61. The van der Waals surface area contributed by atoms with Gasteiger partial charge in [-0.3, -0.25) is 9.48 Å². The Bertz CT molecular complexity index is 1010. The van der Waals surface area contributed by atoms with Crippen molar-refractivity contribution in [2.45, 2.75) is 12.5 Å². The van der Waals surface area contributed by atoms with Gasteiger partial charge in [-0.25, -0.2) is 4.98 Å². The van der Waals surface area contributed by atoms with Crippen molar-refractivity contribution in [2.24, 2.45) is 12.8 Å². The highest BCUT2D eigenvalue weighted by molar-refractivity contribution is 6.06. The van der Waals surface area contributed by atoms with Crippen molar-refractivity contribution in [1.29, 1.82) is 0 Å². The van der Waals surface area contributed by atoms with Gasteiger partial charge in [0.05, 0.1) is 23.3 Å². The molecular weight excluding hydrogens is 354 g/mol. The number of nitrogens with two attached hydrogens (primary N) is 2. The molecule has 0 saturated carbocycles. The van der Waals surface area contributed by atoms with E-state index < -0.39 is 0 Å². The zero-order chi connectivity index (χ0) is 19.7. The second kappa shape index (κ2) is 7.32. The number of nitrogens with one attached hydrogen (secondary N) is 1. The molecule has 3 aromatic rings. The van der Waals surface area contributed by atoms with Gasteiger partial charge >= 0.3 is 0 Å². The van der Waals surface area contributed by atoms with Crippen LogP contribution in [0.5, 0.6) is 0 Å². The van der Waals surface area contributed by atoms with Crippen LogP contribution < -0.4 is 21.7 Å². The van der Waals surface area contributed by atoms with Crippen LogP contribution in [0.25, 0.3) is 11.3 Å². The van der Waals surface area contributed by atoms with Gasteiger partial charge in [0.15, 0.2) is 5.69 Å². The predicted molar refractivity (Wildman–Crippen MR) is 110 cm³/mol.